The van der Waals surface area contributed by atoms with Crippen molar-refractivity contribution >= 4 is 22.9 Å². The molecule has 1 heterocycles. The van der Waals surface area contributed by atoms with Crippen LogP contribution >= 0.6 is 0 Å². The van der Waals surface area contributed by atoms with Gasteiger partial charge in [0, 0.05) is 17.0 Å². The Morgan fingerprint density at radius 1 is 1.00 bits per heavy atom. The fraction of sp³-hybridized carbons (Fsp3) is 0.222. The minimum atomic E-state index is -0.430. The summed E-state index contributed by atoms with van der Waals surface area (Å²) in [6, 6.07) is 22.7. The van der Waals surface area contributed by atoms with Gasteiger partial charge in [-0.1, -0.05) is 37.3 Å². The quantitative estimate of drug-likeness (QED) is 0.239. The fourth-order valence-corrected chi connectivity index (χ4v) is 3.58. The third-order valence-corrected chi connectivity index (χ3v) is 5.53. The van der Waals surface area contributed by atoms with Gasteiger partial charge in [0.25, 0.3) is 0 Å². The molecule has 4 rings (SSSR count). The van der Waals surface area contributed by atoms with E-state index in [1.165, 1.54) is 7.11 Å². The first-order chi connectivity index (χ1) is 16.1. The number of hydrogen-bond donors (Lipinski definition) is 0. The lowest BCUT2D eigenvalue weighted by Gasteiger charge is -2.12. The summed E-state index contributed by atoms with van der Waals surface area (Å²) in [6.07, 6.45) is 0.608. The molecule has 0 amide bonds. The maximum atomic E-state index is 12.9. The van der Waals surface area contributed by atoms with Crippen LogP contribution in [-0.2, 0) is 16.1 Å². The van der Waals surface area contributed by atoms with Gasteiger partial charge in [0.1, 0.15) is 17.9 Å². The lowest BCUT2D eigenvalue weighted by molar-refractivity contribution is -0.141. The highest BCUT2D eigenvalue weighted by atomic mass is 16.5. The van der Waals surface area contributed by atoms with Crippen LogP contribution in [0.5, 0.6) is 5.75 Å². The largest absolute Gasteiger partial charge is 0.489 e. The molecule has 0 fully saturated rings. The molecule has 0 bridgehead atoms. The van der Waals surface area contributed by atoms with Crippen molar-refractivity contribution in [2.45, 2.75) is 26.4 Å². The number of nitrogens with zero attached hydrogens (tertiary/aromatic N) is 1. The summed E-state index contributed by atoms with van der Waals surface area (Å²) in [5.74, 6) is 0.284. The van der Waals surface area contributed by atoms with Crippen molar-refractivity contribution in [3.8, 4) is 17.2 Å². The van der Waals surface area contributed by atoms with Crippen LogP contribution in [0.2, 0.25) is 0 Å². The smallest absolute Gasteiger partial charge is 0.306 e. The van der Waals surface area contributed by atoms with E-state index in [0.717, 1.165) is 16.9 Å². The zero-order valence-corrected chi connectivity index (χ0v) is 18.6. The summed E-state index contributed by atoms with van der Waals surface area (Å²) < 4.78 is 16.5. The number of Topliss-reactive ketones (excluding diaryl/α,β-unsaturated/α-hetero) is 1. The monoisotopic (exact) mass is 443 g/mol. The van der Waals surface area contributed by atoms with Gasteiger partial charge in [0.2, 0.25) is 5.89 Å². The first-order valence-electron chi connectivity index (χ1n) is 10.9. The minimum absolute atomic E-state index is 0.0597. The van der Waals surface area contributed by atoms with Crippen LogP contribution in [0.4, 0.5) is 0 Å². The highest BCUT2D eigenvalue weighted by Crippen LogP contribution is 2.28. The van der Waals surface area contributed by atoms with E-state index in [9.17, 15) is 9.59 Å². The van der Waals surface area contributed by atoms with Gasteiger partial charge < -0.3 is 13.9 Å². The van der Waals surface area contributed by atoms with Crippen molar-refractivity contribution in [3.63, 3.8) is 0 Å². The van der Waals surface area contributed by atoms with Crippen molar-refractivity contribution in [2.24, 2.45) is 5.92 Å². The number of ether oxygens (including phenoxy) is 2. The number of ketones is 1. The van der Waals surface area contributed by atoms with Gasteiger partial charge in [-0.05, 0) is 54.4 Å². The standard InChI is InChI=1S/C27H25NO5/c1-3-19(16-25(29)31-2)26(30)21-11-14-23-24(15-21)33-27(28-23)20-9-12-22(13-10-20)32-17-18-7-5-4-6-8-18/h4-15,19H,3,16-17H2,1-2H3. The lowest BCUT2D eigenvalue weighted by Crippen LogP contribution is -2.18. The number of aromatic nitrogens is 1. The second kappa shape index (κ2) is 10.1. The molecule has 168 valence electrons. The Labute approximate surface area is 192 Å². The highest BCUT2D eigenvalue weighted by Gasteiger charge is 2.23. The molecule has 0 spiro atoms. The number of methoxy groups -OCH3 is 1. The van der Waals surface area contributed by atoms with Crippen LogP contribution in [0.25, 0.3) is 22.6 Å². The van der Waals surface area contributed by atoms with E-state index in [0.29, 0.717) is 35.6 Å². The number of fused-ring (bicyclic) bond motifs is 1. The molecule has 1 aromatic heterocycles. The normalized spacial score (nSPS) is 11.8. The van der Waals surface area contributed by atoms with E-state index in [4.69, 9.17) is 13.9 Å². The first-order valence-corrected chi connectivity index (χ1v) is 10.9. The average Bonchev–Trinajstić information content (AvgIpc) is 3.30. The summed E-state index contributed by atoms with van der Waals surface area (Å²) in [4.78, 5) is 29.0. The van der Waals surface area contributed by atoms with E-state index in [-0.39, 0.29) is 12.2 Å². The van der Waals surface area contributed by atoms with Crippen molar-refractivity contribution in [1.29, 1.82) is 0 Å². The number of carbonyl (C=O) groups is 2. The Balaban J connectivity index is 1.49. The molecule has 4 aromatic rings. The van der Waals surface area contributed by atoms with Crippen LogP contribution in [0, 0.1) is 5.92 Å². The average molecular weight is 443 g/mol. The third-order valence-electron chi connectivity index (χ3n) is 5.53. The number of benzene rings is 3. The van der Waals surface area contributed by atoms with Gasteiger partial charge in [-0.25, -0.2) is 4.98 Å². The van der Waals surface area contributed by atoms with Crippen LogP contribution in [0.3, 0.4) is 0 Å². The van der Waals surface area contributed by atoms with Crippen LogP contribution in [0.15, 0.2) is 77.2 Å². The Hall–Kier alpha value is -3.93. The van der Waals surface area contributed by atoms with E-state index in [2.05, 4.69) is 4.98 Å². The molecular weight excluding hydrogens is 418 g/mol. The topological polar surface area (TPSA) is 78.6 Å². The molecule has 6 heteroatoms. The van der Waals surface area contributed by atoms with Crippen molar-refractivity contribution in [1.82, 2.24) is 4.98 Å². The summed E-state index contributed by atoms with van der Waals surface area (Å²) in [6.45, 7) is 2.37. The Morgan fingerprint density at radius 3 is 2.45 bits per heavy atom. The first kappa shape index (κ1) is 22.3. The van der Waals surface area contributed by atoms with Crippen LogP contribution < -0.4 is 4.74 Å². The maximum absolute atomic E-state index is 12.9. The lowest BCUT2D eigenvalue weighted by atomic mass is 9.92. The zero-order chi connectivity index (χ0) is 23.2. The highest BCUT2D eigenvalue weighted by molar-refractivity contribution is 6.01. The molecule has 0 radical (unpaired) electrons. The SMILES string of the molecule is CCC(CC(=O)OC)C(=O)c1ccc2nc(-c3ccc(OCc4ccccc4)cc3)oc2c1. The molecule has 6 nitrogen and oxygen atoms in total. The van der Waals surface area contributed by atoms with Gasteiger partial charge in [-0.2, -0.15) is 0 Å². The number of rotatable bonds is 9. The van der Waals surface area contributed by atoms with Gasteiger partial charge in [-0.15, -0.1) is 0 Å². The molecule has 0 aliphatic rings. The van der Waals surface area contributed by atoms with E-state index >= 15 is 0 Å². The zero-order valence-electron chi connectivity index (χ0n) is 18.6. The summed E-state index contributed by atoms with van der Waals surface area (Å²) >= 11 is 0. The third kappa shape index (κ3) is 5.29. The summed E-state index contributed by atoms with van der Waals surface area (Å²) in [7, 11) is 1.32. The molecule has 0 saturated carbocycles. The van der Waals surface area contributed by atoms with Gasteiger partial charge in [-0.3, -0.25) is 9.59 Å². The van der Waals surface area contributed by atoms with Gasteiger partial charge in [0.15, 0.2) is 11.4 Å². The van der Waals surface area contributed by atoms with Gasteiger partial charge in [0.05, 0.1) is 13.5 Å². The number of oxazole rings is 1. The van der Waals surface area contributed by atoms with E-state index < -0.39 is 11.9 Å². The van der Waals surface area contributed by atoms with Crippen molar-refractivity contribution in [2.75, 3.05) is 7.11 Å². The predicted octanol–water partition coefficient (Wildman–Crippen LogP) is 5.85. The van der Waals surface area contributed by atoms with Crippen molar-refractivity contribution < 1.29 is 23.5 Å². The number of esters is 1. The molecule has 0 aliphatic heterocycles. The molecule has 1 atom stereocenters. The molecular formula is C27H25NO5. The Kier molecular flexibility index (Phi) is 6.83. The summed E-state index contributed by atoms with van der Waals surface area (Å²) in [5, 5.41) is 0. The Bertz CT molecular complexity index is 1240. The van der Waals surface area contributed by atoms with Crippen LogP contribution in [0.1, 0.15) is 35.7 Å². The minimum Gasteiger partial charge on any atom is -0.489 e. The summed E-state index contributed by atoms with van der Waals surface area (Å²) in [5.41, 5.74) is 3.58. The number of carbonyl (C=O) groups excluding carboxylic acids is 2. The van der Waals surface area contributed by atoms with Gasteiger partial charge >= 0.3 is 5.97 Å². The molecule has 0 aliphatic carbocycles. The Morgan fingerprint density at radius 2 is 1.76 bits per heavy atom. The molecule has 0 saturated heterocycles. The molecule has 3 aromatic carbocycles. The molecule has 33 heavy (non-hydrogen) atoms. The molecule has 1 unspecified atom stereocenters. The number of hydrogen-bond acceptors (Lipinski definition) is 6. The van der Waals surface area contributed by atoms with E-state index in [1.807, 2.05) is 61.5 Å². The van der Waals surface area contributed by atoms with E-state index in [1.54, 1.807) is 18.2 Å². The second-order valence-corrected chi connectivity index (χ2v) is 7.75. The predicted molar refractivity (Wildman–Crippen MR) is 125 cm³/mol. The fourth-order valence-electron chi connectivity index (χ4n) is 3.58. The van der Waals surface area contributed by atoms with Crippen molar-refractivity contribution in [3.05, 3.63) is 83.9 Å². The van der Waals surface area contributed by atoms with Crippen LogP contribution in [-0.4, -0.2) is 23.8 Å². The maximum Gasteiger partial charge on any atom is 0.306 e. The molecule has 0 N–H and O–H groups in total. The second-order valence-electron chi connectivity index (χ2n) is 7.75.